The summed E-state index contributed by atoms with van der Waals surface area (Å²) in [6.45, 7) is 4.11. The van der Waals surface area contributed by atoms with Gasteiger partial charge in [-0.2, -0.15) is 0 Å². The maximum Gasteiger partial charge on any atom is 0.264 e. The van der Waals surface area contributed by atoms with Crippen molar-refractivity contribution in [2.24, 2.45) is 0 Å². The number of nitrogens with zero attached hydrogens (tertiary/aromatic N) is 2. The maximum absolute atomic E-state index is 13.3. The Labute approximate surface area is 146 Å². The van der Waals surface area contributed by atoms with E-state index in [0.717, 1.165) is 23.4 Å². The van der Waals surface area contributed by atoms with Crippen molar-refractivity contribution in [1.82, 2.24) is 5.16 Å². The number of benzene rings is 2. The van der Waals surface area contributed by atoms with E-state index in [9.17, 15) is 8.42 Å². The van der Waals surface area contributed by atoms with Gasteiger partial charge in [0.2, 0.25) is 0 Å². The third kappa shape index (κ3) is 2.62. The number of hydrogen-bond donors (Lipinski definition) is 0. The molecule has 0 aliphatic carbocycles. The number of anilines is 1. The molecule has 0 radical (unpaired) electrons. The summed E-state index contributed by atoms with van der Waals surface area (Å²) in [4.78, 5) is 0.302. The molecule has 1 aromatic heterocycles. The molecule has 0 fully saturated rings. The van der Waals surface area contributed by atoms with Gasteiger partial charge in [-0.15, -0.1) is 0 Å². The molecule has 5 nitrogen and oxygen atoms in total. The fraction of sp³-hybridized carbons (Fsp3) is 0.211. The first kappa shape index (κ1) is 15.9. The number of hydrogen-bond acceptors (Lipinski definition) is 4. The van der Waals surface area contributed by atoms with Gasteiger partial charge in [-0.3, -0.25) is 4.31 Å². The van der Waals surface area contributed by atoms with E-state index in [1.54, 1.807) is 12.1 Å². The summed E-state index contributed by atoms with van der Waals surface area (Å²) >= 11 is 0. The molecule has 0 N–H and O–H groups in total. The van der Waals surface area contributed by atoms with Crippen LogP contribution in [0.25, 0.3) is 11.3 Å². The Morgan fingerprint density at radius 3 is 2.64 bits per heavy atom. The van der Waals surface area contributed by atoms with Crippen molar-refractivity contribution < 1.29 is 12.9 Å². The average Bonchev–Trinajstić information content (AvgIpc) is 3.21. The molecule has 0 spiro atoms. The molecular formula is C19H18N2O3S. The normalized spacial score (nSPS) is 13.9. The van der Waals surface area contributed by atoms with E-state index in [4.69, 9.17) is 4.52 Å². The first-order valence-corrected chi connectivity index (χ1v) is 9.56. The number of rotatable bonds is 3. The van der Waals surface area contributed by atoms with Crippen molar-refractivity contribution in [1.29, 1.82) is 0 Å². The lowest BCUT2D eigenvalue weighted by Crippen LogP contribution is -2.29. The van der Waals surface area contributed by atoms with Crippen molar-refractivity contribution in [3.8, 4) is 11.3 Å². The molecule has 0 unspecified atom stereocenters. The van der Waals surface area contributed by atoms with Gasteiger partial charge in [0.25, 0.3) is 10.0 Å². The summed E-state index contributed by atoms with van der Waals surface area (Å²) < 4.78 is 33.4. The summed E-state index contributed by atoms with van der Waals surface area (Å²) in [5.74, 6) is 0.566. The minimum absolute atomic E-state index is 0.302. The SMILES string of the molecule is Cc1cc(-c2ccc(C)c(S(=O)(=O)N3CCc4ccccc43)c2)on1. The molecule has 2 heterocycles. The van der Waals surface area contributed by atoms with E-state index in [2.05, 4.69) is 5.16 Å². The van der Waals surface area contributed by atoms with Gasteiger partial charge < -0.3 is 4.52 Å². The fourth-order valence-electron chi connectivity index (χ4n) is 3.21. The Morgan fingerprint density at radius 1 is 1.08 bits per heavy atom. The minimum Gasteiger partial charge on any atom is -0.356 e. The molecule has 0 saturated heterocycles. The Balaban J connectivity index is 1.81. The molecule has 1 aliphatic rings. The zero-order valence-corrected chi connectivity index (χ0v) is 14.9. The molecule has 0 amide bonds. The first-order valence-electron chi connectivity index (χ1n) is 8.12. The third-order valence-electron chi connectivity index (χ3n) is 4.51. The van der Waals surface area contributed by atoms with E-state index in [1.807, 2.05) is 50.2 Å². The Hall–Kier alpha value is -2.60. The van der Waals surface area contributed by atoms with Crippen molar-refractivity contribution in [2.75, 3.05) is 10.8 Å². The van der Waals surface area contributed by atoms with Crippen LogP contribution in [0.5, 0.6) is 0 Å². The first-order chi connectivity index (χ1) is 12.0. The van der Waals surface area contributed by atoms with Crippen molar-refractivity contribution >= 4 is 15.7 Å². The molecule has 3 aromatic rings. The van der Waals surface area contributed by atoms with E-state index in [1.165, 1.54) is 4.31 Å². The maximum atomic E-state index is 13.3. The van der Waals surface area contributed by atoms with Crippen molar-refractivity contribution in [3.05, 3.63) is 65.4 Å². The number of aryl methyl sites for hydroxylation is 2. The lowest BCUT2D eigenvalue weighted by atomic mass is 10.1. The minimum atomic E-state index is -3.64. The summed E-state index contributed by atoms with van der Waals surface area (Å²) in [7, 11) is -3.64. The van der Waals surface area contributed by atoms with Crippen LogP contribution < -0.4 is 4.31 Å². The predicted molar refractivity (Wildman–Crippen MR) is 96.1 cm³/mol. The largest absolute Gasteiger partial charge is 0.356 e. The van der Waals surface area contributed by atoms with Gasteiger partial charge in [-0.05, 0) is 43.5 Å². The Bertz CT molecular complexity index is 1050. The van der Waals surface area contributed by atoms with Crippen LogP contribution in [0.2, 0.25) is 0 Å². The highest BCUT2D eigenvalue weighted by molar-refractivity contribution is 7.93. The van der Waals surface area contributed by atoms with Crippen LogP contribution in [0.15, 0.2) is 57.9 Å². The average molecular weight is 354 g/mol. The van der Waals surface area contributed by atoms with E-state index in [-0.39, 0.29) is 0 Å². The summed E-state index contributed by atoms with van der Waals surface area (Å²) in [6.07, 6.45) is 0.732. The van der Waals surface area contributed by atoms with Crippen LogP contribution in [0, 0.1) is 13.8 Å². The highest BCUT2D eigenvalue weighted by Gasteiger charge is 2.31. The molecule has 25 heavy (non-hydrogen) atoms. The van der Waals surface area contributed by atoms with Gasteiger partial charge in [0.05, 0.1) is 16.3 Å². The molecule has 0 atom stereocenters. The molecule has 0 bridgehead atoms. The van der Waals surface area contributed by atoms with Gasteiger partial charge in [-0.1, -0.05) is 35.5 Å². The van der Waals surface area contributed by atoms with Crippen LogP contribution >= 0.6 is 0 Å². The third-order valence-corrected chi connectivity index (χ3v) is 6.47. The van der Waals surface area contributed by atoms with Crippen molar-refractivity contribution in [3.63, 3.8) is 0 Å². The molecule has 0 saturated carbocycles. The lowest BCUT2D eigenvalue weighted by Gasteiger charge is -2.21. The second-order valence-electron chi connectivity index (χ2n) is 6.27. The molecule has 6 heteroatoms. The molecule has 1 aliphatic heterocycles. The summed E-state index contributed by atoms with van der Waals surface area (Å²) in [5, 5.41) is 3.88. The lowest BCUT2D eigenvalue weighted by molar-refractivity contribution is 0.427. The van der Waals surface area contributed by atoms with Crippen LogP contribution in [0.3, 0.4) is 0 Å². The number of sulfonamides is 1. The van der Waals surface area contributed by atoms with Crippen LogP contribution in [-0.4, -0.2) is 20.1 Å². The van der Waals surface area contributed by atoms with Crippen LogP contribution in [0.4, 0.5) is 5.69 Å². The second-order valence-corrected chi connectivity index (χ2v) is 8.10. The van der Waals surface area contributed by atoms with Gasteiger partial charge in [0, 0.05) is 18.2 Å². The summed E-state index contributed by atoms with van der Waals surface area (Å²) in [5.41, 5.74) is 4.00. The van der Waals surface area contributed by atoms with Crippen molar-refractivity contribution in [2.45, 2.75) is 25.2 Å². The van der Waals surface area contributed by atoms with Gasteiger partial charge in [0.15, 0.2) is 5.76 Å². The van der Waals surface area contributed by atoms with E-state index >= 15 is 0 Å². The molecule has 128 valence electrons. The topological polar surface area (TPSA) is 63.4 Å². The quantitative estimate of drug-likeness (QED) is 0.719. The monoisotopic (exact) mass is 354 g/mol. The smallest absolute Gasteiger partial charge is 0.264 e. The molecule has 4 rings (SSSR count). The van der Waals surface area contributed by atoms with Gasteiger partial charge in [-0.25, -0.2) is 8.42 Å². The Kier molecular flexibility index (Phi) is 3.65. The molecular weight excluding hydrogens is 336 g/mol. The molecule has 2 aromatic carbocycles. The van der Waals surface area contributed by atoms with E-state index in [0.29, 0.717) is 28.3 Å². The number of aromatic nitrogens is 1. The zero-order valence-electron chi connectivity index (χ0n) is 14.1. The highest BCUT2D eigenvalue weighted by atomic mass is 32.2. The zero-order chi connectivity index (χ0) is 17.6. The fourth-order valence-corrected chi connectivity index (χ4v) is 4.96. The Morgan fingerprint density at radius 2 is 1.88 bits per heavy atom. The van der Waals surface area contributed by atoms with Gasteiger partial charge >= 0.3 is 0 Å². The van der Waals surface area contributed by atoms with Crippen LogP contribution in [-0.2, 0) is 16.4 Å². The number of para-hydroxylation sites is 1. The standard InChI is InChI=1S/C19H18N2O3S/c1-13-7-8-16(18-11-14(2)20-24-18)12-19(13)25(22,23)21-10-9-15-5-3-4-6-17(15)21/h3-8,11-12H,9-10H2,1-2H3. The summed E-state index contributed by atoms with van der Waals surface area (Å²) in [6, 6.07) is 14.8. The highest BCUT2D eigenvalue weighted by Crippen LogP contribution is 2.35. The predicted octanol–water partition coefficient (Wildman–Crippen LogP) is 3.71. The van der Waals surface area contributed by atoms with E-state index < -0.39 is 10.0 Å². The van der Waals surface area contributed by atoms with Crippen LogP contribution in [0.1, 0.15) is 16.8 Å². The number of fused-ring (bicyclic) bond motifs is 1. The second kappa shape index (κ2) is 5.74. The van der Waals surface area contributed by atoms with Gasteiger partial charge in [0.1, 0.15) is 0 Å².